The van der Waals surface area contributed by atoms with E-state index in [0.29, 0.717) is 17.6 Å². The smallest absolute Gasteiger partial charge is 0.336 e. The number of hydrogen-bond acceptors (Lipinski definition) is 9. The van der Waals surface area contributed by atoms with Gasteiger partial charge in [0.2, 0.25) is 0 Å². The molecule has 0 aromatic rings. The topological polar surface area (TPSA) is 140 Å². The Kier molecular flexibility index (Phi) is 8.18. The van der Waals surface area contributed by atoms with Gasteiger partial charge in [-0.1, -0.05) is 13.2 Å². The van der Waals surface area contributed by atoms with E-state index in [-0.39, 0.29) is 36.4 Å². The lowest BCUT2D eigenvalue weighted by Gasteiger charge is -2.28. The van der Waals surface area contributed by atoms with Crippen molar-refractivity contribution in [2.24, 2.45) is 5.92 Å². The van der Waals surface area contributed by atoms with Crippen LogP contribution >= 0.6 is 0 Å². The fraction of sp³-hybridized carbons (Fsp3) is 0.500. The van der Waals surface area contributed by atoms with Gasteiger partial charge < -0.3 is 29.5 Å². The molecule has 1 fully saturated rings. The van der Waals surface area contributed by atoms with E-state index in [1.807, 2.05) is 0 Å². The van der Waals surface area contributed by atoms with Crippen molar-refractivity contribution in [3.05, 3.63) is 47.3 Å². The Balaban J connectivity index is 2.32. The molecule has 4 atom stereocenters. The van der Waals surface area contributed by atoms with Crippen LogP contribution in [-0.4, -0.2) is 64.8 Å². The number of aliphatic hydroxyl groups excluding tert-OH is 3. The molecule has 0 aromatic heterocycles. The van der Waals surface area contributed by atoms with Crippen LogP contribution in [0, 0.1) is 5.92 Å². The molecule has 1 aliphatic carbocycles. The van der Waals surface area contributed by atoms with E-state index in [0.717, 1.165) is 6.92 Å². The second kappa shape index (κ2) is 10.4. The molecular weight excluding hydrogens is 408 g/mol. The Morgan fingerprint density at radius 2 is 2.03 bits per heavy atom. The summed E-state index contributed by atoms with van der Waals surface area (Å²) in [6.45, 7) is 9.35. The number of rotatable bonds is 6. The van der Waals surface area contributed by atoms with Gasteiger partial charge in [0.25, 0.3) is 0 Å². The Hall–Kier alpha value is -2.91. The Morgan fingerprint density at radius 1 is 1.35 bits per heavy atom. The molecule has 3 N–H and O–H groups in total. The second-order valence-corrected chi connectivity index (χ2v) is 7.62. The summed E-state index contributed by atoms with van der Waals surface area (Å²) in [6.07, 6.45) is -0.945. The Labute approximate surface area is 180 Å². The van der Waals surface area contributed by atoms with E-state index in [4.69, 9.17) is 9.47 Å². The molecule has 2 rings (SSSR count). The minimum atomic E-state index is -1.47. The minimum absolute atomic E-state index is 0.0865. The number of hydrogen-bond donors (Lipinski definition) is 3. The van der Waals surface area contributed by atoms with Crippen molar-refractivity contribution < 1.29 is 43.9 Å². The van der Waals surface area contributed by atoms with E-state index >= 15 is 0 Å². The van der Waals surface area contributed by atoms with Crippen LogP contribution in [0.4, 0.5) is 0 Å². The number of carbonyl (C=O) groups excluding carboxylic acids is 3. The molecule has 0 radical (unpaired) electrons. The third-order valence-corrected chi connectivity index (χ3v) is 5.32. The minimum Gasteiger partial charge on any atom is -0.512 e. The number of carbonyl (C=O) groups is 3. The maximum absolute atomic E-state index is 12.6. The summed E-state index contributed by atoms with van der Waals surface area (Å²) in [6, 6.07) is 0. The Morgan fingerprint density at radius 3 is 2.65 bits per heavy atom. The van der Waals surface area contributed by atoms with Crippen LogP contribution in [-0.2, 0) is 28.6 Å². The summed E-state index contributed by atoms with van der Waals surface area (Å²) < 4.78 is 15.6. The highest BCUT2D eigenvalue weighted by atomic mass is 16.6. The maximum atomic E-state index is 12.6. The largest absolute Gasteiger partial charge is 0.512 e. The predicted octanol–water partition coefficient (Wildman–Crippen LogP) is 1.41. The molecule has 0 aromatic carbocycles. The highest BCUT2D eigenvalue weighted by molar-refractivity contribution is 5.92. The lowest BCUT2D eigenvalue weighted by molar-refractivity contribution is -0.151. The first kappa shape index (κ1) is 24.4. The molecular formula is C22H28O9. The van der Waals surface area contributed by atoms with Gasteiger partial charge in [-0.05, 0) is 30.6 Å². The standard InChI is InChI=1S/C22H28O9/c1-11-7-18(30-21(27)12(2)17(26)10-29-14(4)24)20-13(3)22(28)31-19(20)8-15(9-23)5-6-16(11)25/h8,17-20,23,25-26H,2-3,5-7,9-10H2,1,4H3/b15-8-,16-11+/t17-,18-,19+,20+/m0/s1. The molecule has 9 nitrogen and oxygen atoms in total. The quantitative estimate of drug-likeness (QED) is 0.244. The molecule has 2 aliphatic rings. The molecule has 0 spiro atoms. The lowest BCUT2D eigenvalue weighted by atomic mass is 9.85. The van der Waals surface area contributed by atoms with E-state index in [1.165, 1.54) is 0 Å². The lowest BCUT2D eigenvalue weighted by Crippen LogP contribution is -2.35. The average molecular weight is 436 g/mol. The van der Waals surface area contributed by atoms with Gasteiger partial charge in [-0.3, -0.25) is 4.79 Å². The molecule has 0 unspecified atom stereocenters. The summed E-state index contributed by atoms with van der Waals surface area (Å²) in [5, 5.41) is 30.0. The van der Waals surface area contributed by atoms with Crippen LogP contribution in [0.15, 0.2) is 47.3 Å². The molecule has 1 heterocycles. The number of ether oxygens (including phenoxy) is 3. The maximum Gasteiger partial charge on any atom is 0.336 e. The van der Waals surface area contributed by atoms with Crippen molar-refractivity contribution >= 4 is 17.9 Å². The first-order valence-electron chi connectivity index (χ1n) is 9.84. The summed E-state index contributed by atoms with van der Waals surface area (Å²) in [4.78, 5) is 35.7. The van der Waals surface area contributed by atoms with Crippen LogP contribution in [0.2, 0.25) is 0 Å². The average Bonchev–Trinajstić information content (AvgIpc) is 3.00. The number of fused-ring (bicyclic) bond motifs is 1. The summed E-state index contributed by atoms with van der Waals surface area (Å²) in [7, 11) is 0. The van der Waals surface area contributed by atoms with Gasteiger partial charge in [-0.25, -0.2) is 9.59 Å². The van der Waals surface area contributed by atoms with Gasteiger partial charge in [-0.15, -0.1) is 0 Å². The second-order valence-electron chi connectivity index (χ2n) is 7.62. The van der Waals surface area contributed by atoms with Crippen molar-refractivity contribution in [3.8, 4) is 0 Å². The number of aliphatic hydroxyl groups is 3. The summed E-state index contributed by atoms with van der Waals surface area (Å²) in [5.74, 6) is -2.91. The van der Waals surface area contributed by atoms with Crippen LogP contribution in [0.1, 0.15) is 33.1 Å². The molecule has 1 saturated heterocycles. The van der Waals surface area contributed by atoms with Crippen molar-refractivity contribution in [2.75, 3.05) is 13.2 Å². The van der Waals surface area contributed by atoms with Crippen LogP contribution in [0.25, 0.3) is 0 Å². The monoisotopic (exact) mass is 436 g/mol. The van der Waals surface area contributed by atoms with Gasteiger partial charge in [0.05, 0.1) is 23.9 Å². The van der Waals surface area contributed by atoms with E-state index < -0.39 is 48.7 Å². The van der Waals surface area contributed by atoms with Crippen molar-refractivity contribution in [1.82, 2.24) is 0 Å². The van der Waals surface area contributed by atoms with Crippen LogP contribution in [0.5, 0.6) is 0 Å². The molecule has 0 bridgehead atoms. The van der Waals surface area contributed by atoms with Gasteiger partial charge in [0.15, 0.2) is 0 Å². The first-order chi connectivity index (χ1) is 14.5. The predicted molar refractivity (Wildman–Crippen MR) is 109 cm³/mol. The third-order valence-electron chi connectivity index (χ3n) is 5.32. The zero-order chi connectivity index (χ0) is 23.3. The van der Waals surface area contributed by atoms with Crippen molar-refractivity contribution in [3.63, 3.8) is 0 Å². The number of allylic oxidation sites excluding steroid dienone is 1. The highest BCUT2D eigenvalue weighted by Gasteiger charge is 2.45. The van der Waals surface area contributed by atoms with E-state index in [2.05, 4.69) is 17.9 Å². The molecule has 1 aliphatic heterocycles. The van der Waals surface area contributed by atoms with Crippen molar-refractivity contribution in [2.45, 2.75) is 51.4 Å². The zero-order valence-corrected chi connectivity index (χ0v) is 17.6. The Bertz CT molecular complexity index is 836. The van der Waals surface area contributed by atoms with Crippen molar-refractivity contribution in [1.29, 1.82) is 0 Å². The van der Waals surface area contributed by atoms with Gasteiger partial charge >= 0.3 is 17.9 Å². The van der Waals surface area contributed by atoms with Crippen LogP contribution in [0.3, 0.4) is 0 Å². The molecule has 0 saturated carbocycles. The van der Waals surface area contributed by atoms with Gasteiger partial charge in [0.1, 0.15) is 24.9 Å². The van der Waals surface area contributed by atoms with E-state index in [9.17, 15) is 29.7 Å². The summed E-state index contributed by atoms with van der Waals surface area (Å²) in [5.41, 5.74) is 0.859. The third kappa shape index (κ3) is 6.05. The van der Waals surface area contributed by atoms with Gasteiger partial charge in [0, 0.05) is 25.3 Å². The zero-order valence-electron chi connectivity index (χ0n) is 17.6. The first-order valence-corrected chi connectivity index (χ1v) is 9.84. The SMILES string of the molecule is C=C1C(=O)O[C@@H]2/C=C(\CO)CC/C(O)=C(/C)C[C@H](OC(=O)C(=C)[C@@H](O)COC(C)=O)[C@@H]12. The normalized spacial score (nSPS) is 29.2. The summed E-state index contributed by atoms with van der Waals surface area (Å²) >= 11 is 0. The van der Waals surface area contributed by atoms with Crippen LogP contribution < -0.4 is 0 Å². The van der Waals surface area contributed by atoms with Gasteiger partial charge in [-0.2, -0.15) is 0 Å². The molecule has 0 amide bonds. The number of esters is 3. The molecule has 9 heteroatoms. The molecule has 170 valence electrons. The fourth-order valence-electron chi connectivity index (χ4n) is 3.43. The van der Waals surface area contributed by atoms with E-state index in [1.54, 1.807) is 13.0 Å². The highest BCUT2D eigenvalue weighted by Crippen LogP contribution is 2.37. The molecule has 31 heavy (non-hydrogen) atoms. The fourth-order valence-corrected chi connectivity index (χ4v) is 3.43.